The van der Waals surface area contributed by atoms with E-state index in [9.17, 15) is 4.79 Å². The van der Waals surface area contributed by atoms with Crippen molar-refractivity contribution in [3.8, 4) is 0 Å². The Morgan fingerprint density at radius 2 is 1.88 bits per heavy atom. The van der Waals surface area contributed by atoms with Crippen molar-refractivity contribution in [2.75, 3.05) is 5.32 Å². The van der Waals surface area contributed by atoms with E-state index in [0.717, 1.165) is 26.9 Å². The van der Waals surface area contributed by atoms with E-state index in [1.807, 2.05) is 55.5 Å². The van der Waals surface area contributed by atoms with Crippen molar-refractivity contribution in [2.24, 2.45) is 0 Å². The summed E-state index contributed by atoms with van der Waals surface area (Å²) in [6, 6.07) is 15.3. The third-order valence-corrected chi connectivity index (χ3v) is 5.12. The molecule has 0 bridgehead atoms. The van der Waals surface area contributed by atoms with E-state index < -0.39 is 0 Å². The molecule has 0 aliphatic rings. The summed E-state index contributed by atoms with van der Waals surface area (Å²) in [7, 11) is 0. The van der Waals surface area contributed by atoms with Crippen molar-refractivity contribution in [3.05, 3.63) is 74.1 Å². The zero-order chi connectivity index (χ0) is 17.8. The molecule has 25 heavy (non-hydrogen) atoms. The van der Waals surface area contributed by atoms with Gasteiger partial charge in [0.15, 0.2) is 5.01 Å². The molecule has 1 heterocycles. The van der Waals surface area contributed by atoms with E-state index in [-0.39, 0.29) is 10.9 Å². The summed E-state index contributed by atoms with van der Waals surface area (Å²) < 4.78 is 0.959. The molecule has 3 aromatic rings. The number of carbonyl (C=O) groups excluding carboxylic acids is 1. The fourth-order valence-corrected chi connectivity index (χ4v) is 3.38. The van der Waals surface area contributed by atoms with Crippen LogP contribution in [0.25, 0.3) is 11.1 Å². The van der Waals surface area contributed by atoms with Gasteiger partial charge in [0.2, 0.25) is 5.01 Å². The van der Waals surface area contributed by atoms with Crippen molar-refractivity contribution in [2.45, 2.75) is 6.92 Å². The van der Waals surface area contributed by atoms with Crippen molar-refractivity contribution < 1.29 is 4.79 Å². The molecule has 0 saturated carbocycles. The molecule has 1 amide bonds. The molecule has 126 valence electrons. The number of nitrogens with one attached hydrogen (secondary N) is 1. The van der Waals surface area contributed by atoms with Crippen LogP contribution in [0, 0.1) is 6.92 Å². The van der Waals surface area contributed by atoms with Crippen molar-refractivity contribution in [1.29, 1.82) is 0 Å². The summed E-state index contributed by atoms with van der Waals surface area (Å²) in [5.74, 6) is -0.306. The van der Waals surface area contributed by atoms with E-state index >= 15 is 0 Å². The molecule has 1 N–H and O–H groups in total. The number of anilines is 1. The number of hydrogen-bond acceptors (Lipinski definition) is 4. The number of rotatable bonds is 4. The lowest BCUT2D eigenvalue weighted by atomic mass is 10.2. The maximum Gasteiger partial charge on any atom is 0.286 e. The van der Waals surface area contributed by atoms with Crippen LogP contribution in [0.4, 0.5) is 5.69 Å². The van der Waals surface area contributed by atoms with Crippen molar-refractivity contribution in [3.63, 3.8) is 0 Å². The molecule has 0 radical (unpaired) electrons. The summed E-state index contributed by atoms with van der Waals surface area (Å²) in [4.78, 5) is 12.3. The van der Waals surface area contributed by atoms with E-state index in [0.29, 0.717) is 15.7 Å². The van der Waals surface area contributed by atoms with Crippen molar-refractivity contribution >= 4 is 61.6 Å². The van der Waals surface area contributed by atoms with Gasteiger partial charge in [-0.2, -0.15) is 0 Å². The number of aryl methyl sites for hydroxylation is 1. The van der Waals surface area contributed by atoms with Crippen LogP contribution in [-0.4, -0.2) is 16.1 Å². The van der Waals surface area contributed by atoms with Gasteiger partial charge < -0.3 is 5.32 Å². The normalized spacial score (nSPS) is 11.4. The average molecular weight is 435 g/mol. The second-order valence-corrected chi connectivity index (χ2v) is 7.58. The Kier molecular flexibility index (Phi) is 5.63. The van der Waals surface area contributed by atoms with Crippen LogP contribution in [0.5, 0.6) is 0 Å². The molecule has 0 unspecified atom stereocenters. The van der Waals surface area contributed by atoms with E-state index in [4.69, 9.17) is 11.6 Å². The van der Waals surface area contributed by atoms with Crippen molar-refractivity contribution in [1.82, 2.24) is 10.2 Å². The lowest BCUT2D eigenvalue weighted by molar-refractivity contribution is 0.102. The fraction of sp³-hybridized carbons (Fsp3) is 0.0556. The number of hydrogen-bond donors (Lipinski definition) is 1. The first kappa shape index (κ1) is 17.8. The summed E-state index contributed by atoms with van der Waals surface area (Å²) in [5, 5.41) is 11.9. The third-order valence-electron chi connectivity index (χ3n) is 3.28. The van der Waals surface area contributed by atoms with Gasteiger partial charge in [-0.15, -0.1) is 10.2 Å². The first-order valence-corrected chi connectivity index (χ1v) is 9.35. The minimum absolute atomic E-state index is 0.261. The third kappa shape index (κ3) is 4.75. The topological polar surface area (TPSA) is 54.9 Å². The molecule has 7 heteroatoms. The van der Waals surface area contributed by atoms with Crippen LogP contribution >= 0.6 is 38.9 Å². The number of nitrogens with zero attached hydrogens (tertiary/aromatic N) is 2. The molecule has 1 aromatic heterocycles. The Morgan fingerprint density at radius 1 is 1.16 bits per heavy atom. The predicted octanol–water partition coefficient (Wildman–Crippen LogP) is 5.60. The Morgan fingerprint density at radius 3 is 2.60 bits per heavy atom. The molecule has 0 aliphatic heterocycles. The van der Waals surface area contributed by atoms with Gasteiger partial charge in [-0.1, -0.05) is 68.7 Å². The molecule has 4 nitrogen and oxygen atoms in total. The minimum Gasteiger partial charge on any atom is -0.320 e. The molecular weight excluding hydrogens is 422 g/mol. The van der Waals surface area contributed by atoms with Gasteiger partial charge >= 0.3 is 0 Å². The Balaban J connectivity index is 1.75. The maximum atomic E-state index is 12.3. The van der Waals surface area contributed by atoms with Gasteiger partial charge in [-0.25, -0.2) is 0 Å². The molecule has 0 fully saturated rings. The molecular formula is C18H13BrClN3OS. The highest BCUT2D eigenvalue weighted by Crippen LogP contribution is 2.26. The highest BCUT2D eigenvalue weighted by atomic mass is 79.9. The number of halogens is 2. The molecule has 3 rings (SSSR count). The highest BCUT2D eigenvalue weighted by molar-refractivity contribution is 9.10. The molecule has 0 atom stereocenters. The smallest absolute Gasteiger partial charge is 0.286 e. The van der Waals surface area contributed by atoms with Crippen LogP contribution < -0.4 is 5.32 Å². The van der Waals surface area contributed by atoms with Gasteiger partial charge in [0, 0.05) is 10.2 Å². The van der Waals surface area contributed by atoms with Gasteiger partial charge in [-0.05, 0) is 42.8 Å². The first-order chi connectivity index (χ1) is 12.0. The Hall–Kier alpha value is -2.02. The fourth-order valence-electron chi connectivity index (χ4n) is 2.04. The molecule has 2 aromatic carbocycles. The van der Waals surface area contributed by atoms with E-state index in [1.54, 1.807) is 6.08 Å². The summed E-state index contributed by atoms with van der Waals surface area (Å²) in [6.45, 7) is 1.99. The second-order valence-electron chi connectivity index (χ2n) is 5.28. The minimum atomic E-state index is -0.306. The monoisotopic (exact) mass is 433 g/mol. The molecule has 0 saturated heterocycles. The number of amides is 1. The zero-order valence-corrected chi connectivity index (χ0v) is 16.3. The van der Waals surface area contributed by atoms with Crippen LogP contribution in [0.1, 0.15) is 25.9 Å². The van der Waals surface area contributed by atoms with Gasteiger partial charge in [0.1, 0.15) is 0 Å². The first-order valence-electron chi connectivity index (χ1n) is 7.36. The highest BCUT2D eigenvalue weighted by Gasteiger charge is 2.14. The summed E-state index contributed by atoms with van der Waals surface area (Å²) in [6.07, 6.45) is 1.79. The Labute approximate surface area is 162 Å². The summed E-state index contributed by atoms with van der Waals surface area (Å²) >= 11 is 10.9. The van der Waals surface area contributed by atoms with Crippen LogP contribution in [0.15, 0.2) is 53.0 Å². The maximum absolute atomic E-state index is 12.3. The van der Waals surface area contributed by atoms with Crippen LogP contribution in [0.3, 0.4) is 0 Å². The number of carbonyl (C=O) groups is 1. The van der Waals surface area contributed by atoms with Crippen LogP contribution in [-0.2, 0) is 0 Å². The lowest BCUT2D eigenvalue weighted by Crippen LogP contribution is -2.11. The van der Waals surface area contributed by atoms with E-state index in [1.165, 1.54) is 0 Å². The van der Waals surface area contributed by atoms with Gasteiger partial charge in [0.25, 0.3) is 5.91 Å². The van der Waals surface area contributed by atoms with E-state index in [2.05, 4.69) is 31.4 Å². The van der Waals surface area contributed by atoms with Gasteiger partial charge in [-0.3, -0.25) is 4.79 Å². The zero-order valence-electron chi connectivity index (χ0n) is 13.2. The number of benzene rings is 2. The largest absolute Gasteiger partial charge is 0.320 e. The predicted molar refractivity (Wildman–Crippen MR) is 107 cm³/mol. The van der Waals surface area contributed by atoms with Gasteiger partial charge in [0.05, 0.1) is 5.03 Å². The Bertz CT molecular complexity index is 938. The second kappa shape index (κ2) is 7.91. The number of aromatic nitrogens is 2. The average Bonchev–Trinajstić information content (AvgIpc) is 3.07. The molecule has 0 spiro atoms. The standard InChI is InChI=1S/C18H13BrClN3OS/c1-11-5-7-14(8-6-11)21-16(24)18-23-22-17(25-18)15(20)10-12-3-2-4-13(19)9-12/h2-10H,1H3,(H,21,24)/b15-10-. The quantitative estimate of drug-likeness (QED) is 0.581. The van der Waals surface area contributed by atoms with Crippen LogP contribution in [0.2, 0.25) is 0 Å². The summed E-state index contributed by atoms with van der Waals surface area (Å²) in [5.41, 5.74) is 2.77. The molecule has 0 aliphatic carbocycles. The lowest BCUT2D eigenvalue weighted by Gasteiger charge is -2.02. The SMILES string of the molecule is Cc1ccc(NC(=O)c2nnc(/C(Cl)=C/c3cccc(Br)c3)s2)cc1.